The molecule has 1 aromatic carbocycles. The van der Waals surface area contributed by atoms with Crippen LogP contribution in [-0.2, 0) is 6.18 Å². The lowest BCUT2D eigenvalue weighted by Crippen LogP contribution is -2.07. The van der Waals surface area contributed by atoms with Crippen LogP contribution in [0.3, 0.4) is 0 Å². The van der Waals surface area contributed by atoms with Crippen molar-refractivity contribution in [3.8, 4) is 23.6 Å². The van der Waals surface area contributed by atoms with Crippen LogP contribution in [0.4, 0.5) is 13.2 Å². The van der Waals surface area contributed by atoms with Gasteiger partial charge in [0.05, 0.1) is 35.1 Å². The molecule has 0 radical (unpaired) electrons. The molecule has 0 saturated heterocycles. The smallest absolute Gasteiger partial charge is 0.416 e. The average Bonchev–Trinajstić information content (AvgIpc) is 3.03. The number of alkyl halides is 3. The van der Waals surface area contributed by atoms with Gasteiger partial charge >= 0.3 is 6.18 Å². The van der Waals surface area contributed by atoms with Gasteiger partial charge in [-0.2, -0.15) is 28.8 Å². The summed E-state index contributed by atoms with van der Waals surface area (Å²) in [5.74, 6) is 0.156. The Labute approximate surface area is 166 Å². The number of halogens is 5. The first-order valence-corrected chi connectivity index (χ1v) is 7.92. The fraction of sp³-hybridized carbons (Fsp3) is 0.125. The summed E-state index contributed by atoms with van der Waals surface area (Å²) in [6.07, 6.45) is -2.21. The van der Waals surface area contributed by atoms with Gasteiger partial charge in [-0.1, -0.05) is 23.2 Å². The third-order valence-electron chi connectivity index (χ3n) is 3.30. The van der Waals surface area contributed by atoms with E-state index in [0.29, 0.717) is 0 Å². The number of hydrogen-bond acceptors (Lipinski definition) is 6. The van der Waals surface area contributed by atoms with Gasteiger partial charge in [-0.3, -0.25) is 0 Å². The quantitative estimate of drug-likeness (QED) is 0.586. The Bertz CT molecular complexity index is 1040. The van der Waals surface area contributed by atoms with Crippen LogP contribution in [0.15, 0.2) is 34.7 Å². The lowest BCUT2D eigenvalue weighted by molar-refractivity contribution is -0.137. The van der Waals surface area contributed by atoms with Crippen LogP contribution in [0.2, 0.25) is 10.0 Å². The highest BCUT2D eigenvalue weighted by atomic mass is 35.5. The van der Waals surface area contributed by atoms with Crippen molar-refractivity contribution in [3.63, 3.8) is 0 Å². The number of aromatic nitrogens is 2. The van der Waals surface area contributed by atoms with Gasteiger partial charge in [0.15, 0.2) is 11.4 Å². The van der Waals surface area contributed by atoms with Crippen LogP contribution in [0.25, 0.3) is 5.69 Å². The number of ether oxygens (including phenoxy) is 1. The second-order valence-electron chi connectivity index (χ2n) is 5.06. The predicted octanol–water partition coefficient (Wildman–Crippen LogP) is 3.84. The predicted molar refractivity (Wildman–Crippen MR) is 95.2 cm³/mol. The molecule has 1 heterocycles. The van der Waals surface area contributed by atoms with E-state index < -0.39 is 17.4 Å². The molecule has 144 valence electrons. The number of nitrogens with two attached hydrogens (primary N) is 1. The number of hydrogen-bond donors (Lipinski definition) is 1. The van der Waals surface area contributed by atoms with Crippen molar-refractivity contribution in [3.05, 3.63) is 51.0 Å². The molecule has 2 N–H and O–H groups in total. The molecule has 0 aliphatic rings. The van der Waals surface area contributed by atoms with Gasteiger partial charge in [0, 0.05) is 0 Å². The van der Waals surface area contributed by atoms with Crippen molar-refractivity contribution in [2.24, 2.45) is 10.7 Å². The Morgan fingerprint density at radius 3 is 2.36 bits per heavy atom. The summed E-state index contributed by atoms with van der Waals surface area (Å²) in [6.45, 7) is 0. The maximum atomic E-state index is 12.9. The number of benzene rings is 1. The maximum Gasteiger partial charge on any atom is 0.416 e. The highest BCUT2D eigenvalue weighted by molar-refractivity contribution is 6.37. The molecule has 0 spiro atoms. The summed E-state index contributed by atoms with van der Waals surface area (Å²) in [5, 5.41) is 21.2. The molecule has 0 amide bonds. The Kier molecular flexibility index (Phi) is 6.19. The zero-order chi connectivity index (χ0) is 21.1. The first-order valence-electron chi connectivity index (χ1n) is 7.16. The van der Waals surface area contributed by atoms with E-state index in [1.165, 1.54) is 13.3 Å². The van der Waals surface area contributed by atoms with E-state index in [2.05, 4.69) is 10.1 Å². The van der Waals surface area contributed by atoms with Crippen LogP contribution in [0.1, 0.15) is 11.3 Å². The van der Waals surface area contributed by atoms with E-state index in [9.17, 15) is 13.2 Å². The summed E-state index contributed by atoms with van der Waals surface area (Å²) in [5.41, 5.74) is 3.67. The fourth-order valence-corrected chi connectivity index (χ4v) is 2.68. The number of nitriles is 2. The van der Waals surface area contributed by atoms with E-state index in [1.807, 2.05) is 0 Å². The second-order valence-corrected chi connectivity index (χ2v) is 5.87. The van der Waals surface area contributed by atoms with Gasteiger partial charge in [0.2, 0.25) is 0 Å². The molecule has 0 atom stereocenters. The van der Waals surface area contributed by atoms with Crippen molar-refractivity contribution in [1.29, 1.82) is 10.5 Å². The summed E-state index contributed by atoms with van der Waals surface area (Å²) in [7, 11) is 1.32. The van der Waals surface area contributed by atoms with Gasteiger partial charge in [-0.15, -0.1) is 0 Å². The van der Waals surface area contributed by atoms with Crippen molar-refractivity contribution < 1.29 is 17.9 Å². The summed E-state index contributed by atoms with van der Waals surface area (Å²) >= 11 is 11.9. The van der Waals surface area contributed by atoms with Gasteiger partial charge in [0.1, 0.15) is 29.2 Å². The van der Waals surface area contributed by atoms with Gasteiger partial charge in [0.25, 0.3) is 0 Å². The number of aliphatic imine (C=N–C) groups is 1. The van der Waals surface area contributed by atoms with Crippen LogP contribution >= 0.6 is 23.2 Å². The molecule has 0 aliphatic heterocycles. The standard InChI is InChI=1S/C16H9Cl2F3N6O/c1-28-14-7-27(26-13(14)6-25-12(5-23)11(24)4-22)15-9(17)2-8(3-10(15)18)16(19,20)21/h2-3,6-7H,24H2,1H3/b12-11-,25-6+. The average molecular weight is 429 g/mol. The molecule has 0 unspecified atom stereocenters. The zero-order valence-electron chi connectivity index (χ0n) is 13.9. The number of allylic oxidation sites excluding steroid dienone is 2. The molecular weight excluding hydrogens is 420 g/mol. The SMILES string of the molecule is COc1cn(-c2c(Cl)cc(C(F)(F)F)cc2Cl)nc1/C=N/C(C#N)=C(\N)C#N. The first kappa shape index (κ1) is 21.1. The normalized spacial score (nSPS) is 12.4. The molecule has 12 heteroatoms. The molecule has 0 fully saturated rings. The molecule has 2 rings (SSSR count). The summed E-state index contributed by atoms with van der Waals surface area (Å²) in [6, 6.07) is 4.66. The van der Waals surface area contributed by atoms with Gasteiger partial charge < -0.3 is 10.5 Å². The Morgan fingerprint density at radius 1 is 1.29 bits per heavy atom. The van der Waals surface area contributed by atoms with Crippen LogP contribution < -0.4 is 10.5 Å². The third-order valence-corrected chi connectivity index (χ3v) is 3.87. The third kappa shape index (κ3) is 4.36. The van der Waals surface area contributed by atoms with E-state index in [-0.39, 0.29) is 32.9 Å². The van der Waals surface area contributed by atoms with Gasteiger partial charge in [-0.25, -0.2) is 9.67 Å². The zero-order valence-corrected chi connectivity index (χ0v) is 15.4. The fourth-order valence-electron chi connectivity index (χ4n) is 2.02. The molecule has 2 aromatic rings. The summed E-state index contributed by atoms with van der Waals surface area (Å²) < 4.78 is 44.8. The minimum atomic E-state index is -4.62. The second kappa shape index (κ2) is 8.21. The van der Waals surface area contributed by atoms with Crippen LogP contribution in [-0.4, -0.2) is 23.1 Å². The molecule has 0 saturated carbocycles. The Hall–Kier alpha value is -3.21. The van der Waals surface area contributed by atoms with Crippen molar-refractivity contribution >= 4 is 29.4 Å². The molecule has 1 aromatic heterocycles. The monoisotopic (exact) mass is 428 g/mol. The molecule has 0 aliphatic carbocycles. The van der Waals surface area contributed by atoms with E-state index in [4.69, 9.17) is 44.2 Å². The number of rotatable bonds is 4. The lowest BCUT2D eigenvalue weighted by Gasteiger charge is -2.12. The molecule has 0 bridgehead atoms. The highest BCUT2D eigenvalue weighted by Gasteiger charge is 2.32. The highest BCUT2D eigenvalue weighted by Crippen LogP contribution is 2.37. The summed E-state index contributed by atoms with van der Waals surface area (Å²) in [4.78, 5) is 3.77. The van der Waals surface area contributed by atoms with E-state index in [1.54, 1.807) is 12.1 Å². The van der Waals surface area contributed by atoms with Crippen molar-refractivity contribution in [1.82, 2.24) is 9.78 Å². The largest absolute Gasteiger partial charge is 0.493 e. The Morgan fingerprint density at radius 2 is 1.89 bits per heavy atom. The van der Waals surface area contributed by atoms with Crippen LogP contribution in [0.5, 0.6) is 5.75 Å². The topological polar surface area (TPSA) is 113 Å². The number of nitrogens with zero attached hydrogens (tertiary/aromatic N) is 5. The van der Waals surface area contributed by atoms with Crippen LogP contribution in [0, 0.1) is 22.7 Å². The maximum absolute atomic E-state index is 12.9. The lowest BCUT2D eigenvalue weighted by atomic mass is 10.2. The van der Waals surface area contributed by atoms with Crippen molar-refractivity contribution in [2.45, 2.75) is 6.18 Å². The minimum Gasteiger partial charge on any atom is -0.493 e. The first-order chi connectivity index (χ1) is 13.1. The number of methoxy groups -OCH3 is 1. The molecule has 28 heavy (non-hydrogen) atoms. The molecule has 7 nitrogen and oxygen atoms in total. The van der Waals surface area contributed by atoms with Gasteiger partial charge in [-0.05, 0) is 12.1 Å². The molecular formula is C16H9Cl2F3N6O. The van der Waals surface area contributed by atoms with E-state index in [0.717, 1.165) is 23.0 Å². The van der Waals surface area contributed by atoms with E-state index >= 15 is 0 Å². The van der Waals surface area contributed by atoms with Crippen molar-refractivity contribution in [2.75, 3.05) is 7.11 Å². The minimum absolute atomic E-state index is 0.0122. The Balaban J connectivity index is 2.54.